The second-order valence-corrected chi connectivity index (χ2v) is 8.62. The predicted octanol–water partition coefficient (Wildman–Crippen LogP) is 0.0376. The molecular weight excluding hydrogens is 432 g/mol. The van der Waals surface area contributed by atoms with Crippen LogP contribution in [0, 0.1) is 0 Å². The molecule has 4 N–H and O–H groups in total. The summed E-state index contributed by atoms with van der Waals surface area (Å²) in [4.78, 5) is 53.5. The maximum absolute atomic E-state index is 13.5. The molecule has 0 aromatic heterocycles. The second-order valence-electron chi connectivity index (χ2n) is 8.26. The van der Waals surface area contributed by atoms with E-state index in [-0.39, 0.29) is 24.0 Å². The van der Waals surface area contributed by atoms with E-state index in [9.17, 15) is 24.3 Å². The summed E-state index contributed by atoms with van der Waals surface area (Å²) >= 11 is 4.05. The SMILES string of the molecule is NC(CS)C(=O)NC(Cc1ccccc1)C(=O)N1CCCC1C(=O)N1CCCC1C(=O)O. The van der Waals surface area contributed by atoms with Crippen LogP contribution in [0.4, 0.5) is 0 Å². The molecular formula is C22H30N4O5S. The first-order valence-electron chi connectivity index (χ1n) is 10.9. The molecule has 2 saturated heterocycles. The molecule has 1 aromatic rings. The highest BCUT2D eigenvalue weighted by molar-refractivity contribution is 7.80. The molecule has 4 atom stereocenters. The van der Waals surface area contributed by atoms with E-state index in [1.54, 1.807) is 0 Å². The summed E-state index contributed by atoms with van der Waals surface area (Å²) < 4.78 is 0. The van der Waals surface area contributed by atoms with Crippen molar-refractivity contribution in [2.45, 2.75) is 56.3 Å². The zero-order chi connectivity index (χ0) is 23.3. The maximum atomic E-state index is 13.5. The molecule has 0 bridgehead atoms. The molecule has 2 fully saturated rings. The fourth-order valence-electron chi connectivity index (χ4n) is 4.38. The number of nitrogens with zero attached hydrogens (tertiary/aromatic N) is 2. The lowest BCUT2D eigenvalue weighted by Crippen LogP contribution is -2.57. The lowest BCUT2D eigenvalue weighted by atomic mass is 10.0. The molecule has 0 aliphatic carbocycles. The Hall–Kier alpha value is -2.59. The average Bonchev–Trinajstić information content (AvgIpc) is 3.47. The number of carbonyl (C=O) groups is 4. The molecule has 2 aliphatic rings. The van der Waals surface area contributed by atoms with Crippen LogP contribution in [0.3, 0.4) is 0 Å². The number of hydrogen-bond donors (Lipinski definition) is 4. The van der Waals surface area contributed by atoms with Crippen LogP contribution in [-0.2, 0) is 25.6 Å². The Morgan fingerprint density at radius 2 is 1.69 bits per heavy atom. The van der Waals surface area contributed by atoms with Crippen LogP contribution in [0.5, 0.6) is 0 Å². The number of rotatable bonds is 8. The van der Waals surface area contributed by atoms with Crippen LogP contribution < -0.4 is 11.1 Å². The van der Waals surface area contributed by atoms with Gasteiger partial charge in [0.15, 0.2) is 0 Å². The Morgan fingerprint density at radius 3 is 2.31 bits per heavy atom. The molecule has 2 heterocycles. The van der Waals surface area contributed by atoms with Gasteiger partial charge in [-0.05, 0) is 31.2 Å². The molecule has 32 heavy (non-hydrogen) atoms. The van der Waals surface area contributed by atoms with Gasteiger partial charge in [-0.3, -0.25) is 14.4 Å². The monoisotopic (exact) mass is 462 g/mol. The van der Waals surface area contributed by atoms with E-state index in [2.05, 4.69) is 17.9 Å². The molecule has 4 unspecified atom stereocenters. The summed E-state index contributed by atoms with van der Waals surface area (Å²) in [5.41, 5.74) is 6.64. The quantitative estimate of drug-likeness (QED) is 0.403. The highest BCUT2D eigenvalue weighted by atomic mass is 32.1. The zero-order valence-corrected chi connectivity index (χ0v) is 18.7. The van der Waals surface area contributed by atoms with E-state index in [4.69, 9.17) is 5.73 Å². The van der Waals surface area contributed by atoms with E-state index in [0.717, 1.165) is 5.56 Å². The number of nitrogens with two attached hydrogens (primary N) is 1. The lowest BCUT2D eigenvalue weighted by Gasteiger charge is -2.32. The number of carbonyl (C=O) groups excluding carboxylic acids is 3. The van der Waals surface area contributed by atoms with Gasteiger partial charge in [0.05, 0.1) is 6.04 Å². The van der Waals surface area contributed by atoms with Gasteiger partial charge in [0.1, 0.15) is 18.1 Å². The molecule has 174 valence electrons. The molecule has 3 amide bonds. The van der Waals surface area contributed by atoms with Gasteiger partial charge in [-0.15, -0.1) is 0 Å². The number of hydrogen-bond acceptors (Lipinski definition) is 6. The van der Waals surface area contributed by atoms with Gasteiger partial charge in [-0.25, -0.2) is 4.79 Å². The number of benzene rings is 1. The van der Waals surface area contributed by atoms with Crippen molar-refractivity contribution in [1.82, 2.24) is 15.1 Å². The van der Waals surface area contributed by atoms with Crippen molar-refractivity contribution < 1.29 is 24.3 Å². The van der Waals surface area contributed by atoms with Crippen molar-refractivity contribution in [1.29, 1.82) is 0 Å². The largest absolute Gasteiger partial charge is 0.480 e. The number of aliphatic carboxylic acids is 1. The van der Waals surface area contributed by atoms with Crippen molar-refractivity contribution >= 4 is 36.3 Å². The molecule has 10 heteroatoms. The number of thiol groups is 1. The molecule has 0 spiro atoms. The number of carboxylic acids is 1. The maximum Gasteiger partial charge on any atom is 0.326 e. The number of nitrogens with one attached hydrogen (secondary N) is 1. The van der Waals surface area contributed by atoms with E-state index in [1.807, 2.05) is 30.3 Å². The second kappa shape index (κ2) is 10.8. The number of carboxylic acid groups (broad SMARTS) is 1. The van der Waals surface area contributed by atoms with Crippen molar-refractivity contribution in [3.05, 3.63) is 35.9 Å². The van der Waals surface area contributed by atoms with Gasteiger partial charge in [0.25, 0.3) is 0 Å². The number of likely N-dealkylation sites (tertiary alicyclic amines) is 2. The Morgan fingerprint density at radius 1 is 1.06 bits per heavy atom. The third kappa shape index (κ3) is 5.42. The zero-order valence-electron chi connectivity index (χ0n) is 17.9. The first-order valence-corrected chi connectivity index (χ1v) is 11.5. The van der Waals surface area contributed by atoms with Crippen LogP contribution >= 0.6 is 12.6 Å². The highest BCUT2D eigenvalue weighted by Crippen LogP contribution is 2.26. The van der Waals surface area contributed by atoms with Crippen molar-refractivity contribution in [3.8, 4) is 0 Å². The van der Waals surface area contributed by atoms with E-state index >= 15 is 0 Å². The van der Waals surface area contributed by atoms with Gasteiger partial charge in [0, 0.05) is 25.3 Å². The third-order valence-electron chi connectivity index (χ3n) is 6.07. The highest BCUT2D eigenvalue weighted by Gasteiger charge is 2.43. The summed E-state index contributed by atoms with van der Waals surface area (Å²) in [6, 6.07) is 5.95. The Balaban J connectivity index is 1.79. The van der Waals surface area contributed by atoms with Crippen LogP contribution in [0.15, 0.2) is 30.3 Å². The molecule has 0 saturated carbocycles. The average molecular weight is 463 g/mol. The van der Waals surface area contributed by atoms with E-state index < -0.39 is 36.0 Å². The van der Waals surface area contributed by atoms with E-state index in [1.165, 1.54) is 9.80 Å². The minimum Gasteiger partial charge on any atom is -0.480 e. The predicted molar refractivity (Wildman–Crippen MR) is 121 cm³/mol. The fraction of sp³-hybridized carbons (Fsp3) is 0.545. The Bertz CT molecular complexity index is 852. The van der Waals surface area contributed by atoms with Crippen molar-refractivity contribution in [2.24, 2.45) is 5.73 Å². The molecule has 9 nitrogen and oxygen atoms in total. The summed E-state index contributed by atoms with van der Waals surface area (Å²) in [6.07, 6.45) is 2.39. The normalized spacial score (nSPS) is 22.4. The van der Waals surface area contributed by atoms with Crippen molar-refractivity contribution in [2.75, 3.05) is 18.8 Å². The van der Waals surface area contributed by atoms with Gasteiger partial charge >= 0.3 is 5.97 Å². The van der Waals surface area contributed by atoms with Gasteiger partial charge in [-0.1, -0.05) is 30.3 Å². The Kier molecular flexibility index (Phi) is 8.14. The smallest absolute Gasteiger partial charge is 0.326 e. The van der Waals surface area contributed by atoms with Crippen LogP contribution in [0.1, 0.15) is 31.2 Å². The van der Waals surface area contributed by atoms with Crippen LogP contribution in [0.25, 0.3) is 0 Å². The van der Waals surface area contributed by atoms with Crippen LogP contribution in [-0.4, -0.2) is 81.6 Å². The standard InChI is InChI=1S/C22H30N4O5S/c23-15(13-32)19(27)24-16(12-14-6-2-1-3-7-14)20(28)25-10-4-8-17(25)21(29)26-11-5-9-18(26)22(30)31/h1-3,6-7,15-18,32H,4-5,8-13,23H2,(H,24,27)(H,30,31). The minimum absolute atomic E-state index is 0.133. The molecule has 0 radical (unpaired) electrons. The summed E-state index contributed by atoms with van der Waals surface area (Å²) in [6.45, 7) is 0.746. The summed E-state index contributed by atoms with van der Waals surface area (Å²) in [7, 11) is 0. The fourth-order valence-corrected chi connectivity index (χ4v) is 4.54. The molecule has 1 aromatic carbocycles. The van der Waals surface area contributed by atoms with Gasteiger partial charge in [-0.2, -0.15) is 12.6 Å². The topological polar surface area (TPSA) is 133 Å². The third-order valence-corrected chi connectivity index (χ3v) is 6.47. The molecule has 2 aliphatic heterocycles. The first-order chi connectivity index (χ1) is 15.3. The van der Waals surface area contributed by atoms with Crippen LogP contribution in [0.2, 0.25) is 0 Å². The summed E-state index contributed by atoms with van der Waals surface area (Å²) in [5, 5.41) is 12.2. The molecule has 3 rings (SSSR count). The van der Waals surface area contributed by atoms with Gasteiger partial charge in [0.2, 0.25) is 17.7 Å². The first kappa shape index (κ1) is 24.1. The lowest BCUT2D eigenvalue weighted by molar-refractivity contribution is -0.152. The van der Waals surface area contributed by atoms with Crippen molar-refractivity contribution in [3.63, 3.8) is 0 Å². The summed E-state index contributed by atoms with van der Waals surface area (Å²) in [5.74, 6) is -2.08. The van der Waals surface area contributed by atoms with Gasteiger partial charge < -0.3 is 26.0 Å². The number of amides is 3. The van der Waals surface area contributed by atoms with E-state index in [0.29, 0.717) is 38.8 Å². The minimum atomic E-state index is -1.03. The Labute approximate surface area is 192 Å².